The zero-order valence-corrected chi connectivity index (χ0v) is 12.5. The van der Waals surface area contributed by atoms with E-state index in [1.165, 1.54) is 31.2 Å². The van der Waals surface area contributed by atoms with Crippen LogP contribution in [0.3, 0.4) is 0 Å². The average molecular weight is 270 g/mol. The number of unbranched alkanes of at least 4 members (excludes halogenated alkanes) is 3. The number of hydrogen-bond donors (Lipinski definition) is 1. The van der Waals surface area contributed by atoms with Crippen LogP contribution in [0.15, 0.2) is 54.3 Å². The van der Waals surface area contributed by atoms with E-state index in [4.69, 9.17) is 0 Å². The van der Waals surface area contributed by atoms with Crippen LogP contribution in [0.1, 0.15) is 51.0 Å². The second kappa shape index (κ2) is 7.33. The summed E-state index contributed by atoms with van der Waals surface area (Å²) in [7, 11) is 0. The van der Waals surface area contributed by atoms with Gasteiger partial charge in [0.1, 0.15) is 0 Å². The molecule has 1 aliphatic rings. The number of benzene rings is 1. The first kappa shape index (κ1) is 14.9. The van der Waals surface area contributed by atoms with Gasteiger partial charge in [-0.15, -0.1) is 0 Å². The van der Waals surface area contributed by atoms with Crippen molar-refractivity contribution in [2.75, 3.05) is 0 Å². The van der Waals surface area contributed by atoms with E-state index in [1.807, 2.05) is 12.2 Å². The number of allylic oxidation sites excluding steroid dienone is 4. The molecule has 20 heavy (non-hydrogen) atoms. The highest BCUT2D eigenvalue weighted by atomic mass is 16.3. The van der Waals surface area contributed by atoms with Gasteiger partial charge in [0.05, 0.1) is 5.76 Å². The summed E-state index contributed by atoms with van der Waals surface area (Å²) in [5.41, 5.74) is 1.47. The van der Waals surface area contributed by atoms with E-state index < -0.39 is 0 Å². The number of rotatable bonds is 7. The fourth-order valence-electron chi connectivity index (χ4n) is 3.13. The molecule has 0 fully saturated rings. The van der Waals surface area contributed by atoms with E-state index in [2.05, 4.69) is 43.3 Å². The summed E-state index contributed by atoms with van der Waals surface area (Å²) >= 11 is 0. The van der Waals surface area contributed by atoms with Gasteiger partial charge in [-0.05, 0) is 29.9 Å². The lowest BCUT2D eigenvalue weighted by Crippen LogP contribution is -2.24. The molecule has 0 saturated carbocycles. The third kappa shape index (κ3) is 4.26. The highest BCUT2D eigenvalue weighted by Crippen LogP contribution is 2.39. The van der Waals surface area contributed by atoms with Crippen LogP contribution in [0.4, 0.5) is 0 Å². The largest absolute Gasteiger partial charge is 0.512 e. The van der Waals surface area contributed by atoms with Crippen molar-refractivity contribution in [2.45, 2.75) is 51.9 Å². The lowest BCUT2D eigenvalue weighted by atomic mass is 9.72. The van der Waals surface area contributed by atoms with Gasteiger partial charge in [-0.2, -0.15) is 0 Å². The minimum Gasteiger partial charge on any atom is -0.512 e. The Morgan fingerprint density at radius 1 is 1.10 bits per heavy atom. The van der Waals surface area contributed by atoms with E-state index in [0.717, 1.165) is 19.3 Å². The first-order valence-corrected chi connectivity index (χ1v) is 7.85. The number of aliphatic hydroxyl groups is 1. The number of aliphatic hydroxyl groups excluding tert-OH is 1. The van der Waals surface area contributed by atoms with Crippen molar-refractivity contribution in [2.24, 2.45) is 5.41 Å². The molecule has 1 atom stereocenters. The van der Waals surface area contributed by atoms with Gasteiger partial charge >= 0.3 is 0 Å². The third-order valence-corrected chi connectivity index (χ3v) is 4.20. The van der Waals surface area contributed by atoms with Crippen LogP contribution in [0.25, 0.3) is 0 Å². The van der Waals surface area contributed by atoms with Crippen molar-refractivity contribution < 1.29 is 5.11 Å². The summed E-state index contributed by atoms with van der Waals surface area (Å²) in [6.07, 6.45) is 14.3. The van der Waals surface area contributed by atoms with Gasteiger partial charge in [-0.1, -0.05) is 75.1 Å². The molecule has 0 aliphatic heterocycles. The van der Waals surface area contributed by atoms with E-state index >= 15 is 0 Å². The molecule has 0 spiro atoms. The second-order valence-electron chi connectivity index (χ2n) is 6.03. The molecule has 1 nitrogen and oxygen atoms in total. The summed E-state index contributed by atoms with van der Waals surface area (Å²) in [4.78, 5) is 0. The maximum Gasteiger partial charge on any atom is 0.0931 e. The lowest BCUT2D eigenvalue weighted by molar-refractivity contribution is 0.263. The summed E-state index contributed by atoms with van der Waals surface area (Å²) in [5.74, 6) is 0.527. The molecule has 1 aromatic rings. The Kier molecular flexibility index (Phi) is 5.46. The summed E-state index contributed by atoms with van der Waals surface area (Å²) in [6, 6.07) is 10.6. The maximum absolute atomic E-state index is 9.94. The smallest absolute Gasteiger partial charge is 0.0931 e. The van der Waals surface area contributed by atoms with E-state index in [9.17, 15) is 5.11 Å². The van der Waals surface area contributed by atoms with E-state index in [0.29, 0.717) is 5.76 Å². The Bertz CT molecular complexity index is 458. The zero-order valence-electron chi connectivity index (χ0n) is 12.5. The maximum atomic E-state index is 9.94. The Labute approximate surface area is 123 Å². The molecule has 0 amide bonds. The number of hydrogen-bond acceptors (Lipinski definition) is 1. The topological polar surface area (TPSA) is 20.2 Å². The van der Waals surface area contributed by atoms with Crippen LogP contribution in [0, 0.1) is 5.41 Å². The molecular weight excluding hydrogens is 244 g/mol. The van der Waals surface area contributed by atoms with Gasteiger partial charge in [-0.3, -0.25) is 0 Å². The van der Waals surface area contributed by atoms with Crippen LogP contribution in [0.5, 0.6) is 0 Å². The molecular formula is C19H26O. The summed E-state index contributed by atoms with van der Waals surface area (Å²) in [5, 5.41) is 9.94. The Morgan fingerprint density at radius 2 is 1.90 bits per heavy atom. The third-order valence-electron chi connectivity index (χ3n) is 4.20. The molecule has 1 aliphatic carbocycles. The van der Waals surface area contributed by atoms with Gasteiger partial charge in [-0.25, -0.2) is 0 Å². The van der Waals surface area contributed by atoms with Crippen molar-refractivity contribution >= 4 is 0 Å². The van der Waals surface area contributed by atoms with Crippen LogP contribution >= 0.6 is 0 Å². The second-order valence-corrected chi connectivity index (χ2v) is 6.03. The fraction of sp³-hybridized carbons (Fsp3) is 0.474. The van der Waals surface area contributed by atoms with Gasteiger partial charge in [0.25, 0.3) is 0 Å². The lowest BCUT2D eigenvalue weighted by Gasteiger charge is -2.33. The fourth-order valence-corrected chi connectivity index (χ4v) is 3.13. The molecule has 0 bridgehead atoms. The predicted molar refractivity (Wildman–Crippen MR) is 85.8 cm³/mol. The van der Waals surface area contributed by atoms with Gasteiger partial charge < -0.3 is 5.11 Å². The molecule has 1 heteroatoms. The first-order valence-electron chi connectivity index (χ1n) is 7.85. The molecule has 1 N–H and O–H groups in total. The van der Waals surface area contributed by atoms with Crippen molar-refractivity contribution in [1.82, 2.24) is 0 Å². The quantitative estimate of drug-likeness (QED) is 0.640. The van der Waals surface area contributed by atoms with Gasteiger partial charge in [0.2, 0.25) is 0 Å². The molecule has 1 aromatic carbocycles. The molecule has 0 saturated heterocycles. The molecule has 108 valence electrons. The molecule has 0 aromatic heterocycles. The van der Waals surface area contributed by atoms with Crippen molar-refractivity contribution in [3.8, 4) is 0 Å². The highest BCUT2D eigenvalue weighted by molar-refractivity contribution is 5.25. The van der Waals surface area contributed by atoms with E-state index in [1.54, 1.807) is 0 Å². The van der Waals surface area contributed by atoms with Crippen molar-refractivity contribution in [3.63, 3.8) is 0 Å². The van der Waals surface area contributed by atoms with Gasteiger partial charge in [0, 0.05) is 6.42 Å². The van der Waals surface area contributed by atoms with Crippen LogP contribution in [-0.4, -0.2) is 5.11 Å². The monoisotopic (exact) mass is 270 g/mol. The standard InChI is InChI=1S/C19H26O/c1-2-3-4-8-13-19(14-9-12-18(20)16-19)15-17-10-6-5-7-11-17/h5-7,9-12,14,20H,2-4,8,13,15-16H2,1H3. The van der Waals surface area contributed by atoms with Crippen LogP contribution in [-0.2, 0) is 6.42 Å². The summed E-state index contributed by atoms with van der Waals surface area (Å²) < 4.78 is 0. The predicted octanol–water partition coefficient (Wildman–Crippen LogP) is 5.59. The Balaban J connectivity index is 2.04. The first-order chi connectivity index (χ1) is 9.74. The minimum absolute atomic E-state index is 0.105. The SMILES string of the molecule is CCCCCCC1(Cc2ccccc2)C=CC=C(O)C1. The zero-order chi connectivity index (χ0) is 14.3. The molecule has 0 heterocycles. The highest BCUT2D eigenvalue weighted by Gasteiger charge is 2.29. The molecule has 2 rings (SSSR count). The molecule has 1 unspecified atom stereocenters. The van der Waals surface area contributed by atoms with Crippen molar-refractivity contribution in [1.29, 1.82) is 0 Å². The van der Waals surface area contributed by atoms with Crippen molar-refractivity contribution in [3.05, 3.63) is 59.9 Å². The van der Waals surface area contributed by atoms with Crippen LogP contribution < -0.4 is 0 Å². The Morgan fingerprint density at radius 3 is 2.60 bits per heavy atom. The Hall–Kier alpha value is -1.50. The normalized spacial score (nSPS) is 21.8. The average Bonchev–Trinajstić information content (AvgIpc) is 2.45. The minimum atomic E-state index is 0.105. The van der Waals surface area contributed by atoms with Gasteiger partial charge in [0.15, 0.2) is 0 Å². The van der Waals surface area contributed by atoms with E-state index in [-0.39, 0.29) is 5.41 Å². The van der Waals surface area contributed by atoms with Crippen LogP contribution in [0.2, 0.25) is 0 Å². The summed E-state index contributed by atoms with van der Waals surface area (Å²) in [6.45, 7) is 2.24. The molecule has 0 radical (unpaired) electrons.